The highest BCUT2D eigenvalue weighted by molar-refractivity contribution is 6.29. The lowest BCUT2D eigenvalue weighted by molar-refractivity contribution is 0.0699. The van der Waals surface area contributed by atoms with Crippen molar-refractivity contribution >= 4 is 23.2 Å². The third-order valence-corrected chi connectivity index (χ3v) is 3.31. The van der Waals surface area contributed by atoms with Crippen LogP contribution in [0.1, 0.15) is 23.3 Å². The van der Waals surface area contributed by atoms with Gasteiger partial charge in [0.25, 0.3) is 5.91 Å². The summed E-state index contributed by atoms with van der Waals surface area (Å²) in [7, 11) is 1.56. The zero-order valence-electron chi connectivity index (χ0n) is 10.8. The van der Waals surface area contributed by atoms with Crippen molar-refractivity contribution in [2.75, 3.05) is 32.1 Å². The van der Waals surface area contributed by atoms with E-state index in [1.807, 2.05) is 0 Å². The van der Waals surface area contributed by atoms with Gasteiger partial charge in [-0.1, -0.05) is 11.6 Å². The number of ether oxygens (including phenoxy) is 1. The van der Waals surface area contributed by atoms with Gasteiger partial charge in [-0.05, 0) is 18.8 Å². The maximum Gasteiger partial charge on any atom is 0.273 e. The van der Waals surface area contributed by atoms with Gasteiger partial charge in [-0.25, -0.2) is 0 Å². The Balaban J connectivity index is 2.05. The minimum atomic E-state index is -0.279. The zero-order valence-corrected chi connectivity index (χ0v) is 11.5. The third-order valence-electron chi connectivity index (χ3n) is 3.13. The Bertz CT molecular complexity index is 449. The zero-order chi connectivity index (χ0) is 13.7. The molecular weight excluding hydrogens is 268 g/mol. The highest BCUT2D eigenvalue weighted by Gasteiger charge is 2.17. The van der Waals surface area contributed by atoms with Gasteiger partial charge in [0.05, 0.1) is 5.69 Å². The van der Waals surface area contributed by atoms with Gasteiger partial charge in [-0.15, -0.1) is 10.2 Å². The van der Waals surface area contributed by atoms with Crippen molar-refractivity contribution in [2.24, 2.45) is 5.92 Å². The number of amides is 1. The van der Waals surface area contributed by atoms with Crippen LogP contribution in [0, 0.1) is 5.92 Å². The Labute approximate surface area is 116 Å². The summed E-state index contributed by atoms with van der Waals surface area (Å²) in [5.41, 5.74) is 0.879. The average molecular weight is 285 g/mol. The van der Waals surface area contributed by atoms with Crippen molar-refractivity contribution in [1.29, 1.82) is 0 Å². The van der Waals surface area contributed by atoms with E-state index in [-0.39, 0.29) is 16.8 Å². The molecule has 1 aliphatic rings. The Hall–Kier alpha value is -1.40. The van der Waals surface area contributed by atoms with Crippen molar-refractivity contribution < 1.29 is 9.53 Å². The topological polar surface area (TPSA) is 76.1 Å². The van der Waals surface area contributed by atoms with Crippen LogP contribution >= 0.6 is 11.6 Å². The highest BCUT2D eigenvalue weighted by Crippen LogP contribution is 2.19. The minimum absolute atomic E-state index is 0.263. The van der Waals surface area contributed by atoms with Crippen molar-refractivity contribution in [3.63, 3.8) is 0 Å². The SMILES string of the molecule is CNC(=O)c1nnc(Cl)cc1NCC1CCOCC1. The summed E-state index contributed by atoms with van der Waals surface area (Å²) in [6.07, 6.45) is 2.04. The predicted octanol–water partition coefficient (Wildman–Crippen LogP) is 1.33. The molecular formula is C12H17ClN4O2. The van der Waals surface area contributed by atoms with Crippen LogP contribution in [0.15, 0.2) is 6.07 Å². The molecule has 1 fully saturated rings. The van der Waals surface area contributed by atoms with Gasteiger partial charge >= 0.3 is 0 Å². The summed E-state index contributed by atoms with van der Waals surface area (Å²) in [4.78, 5) is 11.7. The number of carbonyl (C=O) groups is 1. The van der Waals surface area contributed by atoms with E-state index < -0.39 is 0 Å². The number of anilines is 1. The second kappa shape index (κ2) is 6.68. The number of nitrogens with one attached hydrogen (secondary N) is 2. The van der Waals surface area contributed by atoms with E-state index in [0.29, 0.717) is 11.6 Å². The summed E-state index contributed by atoms with van der Waals surface area (Å²) < 4.78 is 5.31. The van der Waals surface area contributed by atoms with E-state index in [2.05, 4.69) is 20.8 Å². The van der Waals surface area contributed by atoms with E-state index in [9.17, 15) is 4.79 Å². The van der Waals surface area contributed by atoms with Gasteiger partial charge in [-0.2, -0.15) is 0 Å². The molecule has 104 valence electrons. The largest absolute Gasteiger partial charge is 0.383 e. The number of aromatic nitrogens is 2. The van der Waals surface area contributed by atoms with Gasteiger partial charge < -0.3 is 15.4 Å². The van der Waals surface area contributed by atoms with Crippen LogP contribution in [0.5, 0.6) is 0 Å². The van der Waals surface area contributed by atoms with Gasteiger partial charge in [0.15, 0.2) is 10.8 Å². The number of nitrogens with zero attached hydrogens (tertiary/aromatic N) is 2. The molecule has 1 aromatic rings. The first-order valence-corrected chi connectivity index (χ1v) is 6.65. The van der Waals surface area contributed by atoms with Crippen LogP contribution in [0.25, 0.3) is 0 Å². The first-order valence-electron chi connectivity index (χ1n) is 6.27. The number of hydrogen-bond acceptors (Lipinski definition) is 5. The van der Waals surface area contributed by atoms with Crippen LogP contribution in [0.4, 0.5) is 5.69 Å². The lowest BCUT2D eigenvalue weighted by Gasteiger charge is -2.23. The van der Waals surface area contributed by atoms with E-state index in [1.165, 1.54) is 0 Å². The van der Waals surface area contributed by atoms with Crippen LogP contribution in [0.2, 0.25) is 5.15 Å². The van der Waals surface area contributed by atoms with E-state index in [4.69, 9.17) is 16.3 Å². The molecule has 0 saturated carbocycles. The molecule has 2 rings (SSSR count). The first-order chi connectivity index (χ1) is 9.20. The summed E-state index contributed by atoms with van der Waals surface area (Å²) in [6.45, 7) is 2.36. The molecule has 0 atom stereocenters. The molecule has 1 aromatic heterocycles. The molecule has 1 saturated heterocycles. The maximum atomic E-state index is 11.7. The smallest absolute Gasteiger partial charge is 0.273 e. The molecule has 19 heavy (non-hydrogen) atoms. The summed E-state index contributed by atoms with van der Waals surface area (Å²) in [5, 5.41) is 13.6. The lowest BCUT2D eigenvalue weighted by Crippen LogP contribution is -2.25. The van der Waals surface area contributed by atoms with E-state index in [1.54, 1.807) is 13.1 Å². The van der Waals surface area contributed by atoms with E-state index >= 15 is 0 Å². The quantitative estimate of drug-likeness (QED) is 0.872. The Kier molecular flexibility index (Phi) is 4.93. The molecule has 6 nitrogen and oxygen atoms in total. The maximum absolute atomic E-state index is 11.7. The molecule has 2 heterocycles. The number of carbonyl (C=O) groups excluding carboxylic acids is 1. The van der Waals surface area contributed by atoms with E-state index in [0.717, 1.165) is 32.6 Å². The molecule has 0 radical (unpaired) electrons. The first kappa shape index (κ1) is 14.0. The second-order valence-electron chi connectivity index (χ2n) is 4.45. The molecule has 1 amide bonds. The fourth-order valence-corrected chi connectivity index (χ4v) is 2.14. The predicted molar refractivity (Wildman–Crippen MR) is 72.5 cm³/mol. The molecule has 0 spiro atoms. The molecule has 0 bridgehead atoms. The average Bonchev–Trinajstić information content (AvgIpc) is 2.45. The lowest BCUT2D eigenvalue weighted by atomic mass is 10.0. The van der Waals surface area contributed by atoms with Crippen LogP contribution < -0.4 is 10.6 Å². The fourth-order valence-electron chi connectivity index (χ4n) is 1.99. The number of hydrogen-bond donors (Lipinski definition) is 2. The van der Waals surface area contributed by atoms with Gasteiger partial charge in [-0.3, -0.25) is 4.79 Å². The molecule has 0 unspecified atom stereocenters. The number of halogens is 1. The third kappa shape index (κ3) is 3.78. The Morgan fingerprint density at radius 1 is 1.47 bits per heavy atom. The summed E-state index contributed by atoms with van der Waals surface area (Å²) in [6, 6.07) is 1.62. The molecule has 7 heteroatoms. The van der Waals surface area contributed by atoms with Crippen LogP contribution in [-0.2, 0) is 4.74 Å². The standard InChI is InChI=1S/C12H17ClN4O2/c1-14-12(18)11-9(6-10(13)16-17-11)15-7-8-2-4-19-5-3-8/h6,8H,2-5,7H2,1H3,(H,14,18)(H,15,16). The molecule has 0 aliphatic carbocycles. The fraction of sp³-hybridized carbons (Fsp3) is 0.583. The summed E-state index contributed by atoms with van der Waals surface area (Å²) in [5.74, 6) is 0.261. The van der Waals surface area contributed by atoms with Crippen LogP contribution in [-0.4, -0.2) is 42.9 Å². The van der Waals surface area contributed by atoms with Crippen molar-refractivity contribution in [2.45, 2.75) is 12.8 Å². The van der Waals surface area contributed by atoms with Crippen molar-refractivity contribution in [3.05, 3.63) is 16.9 Å². The van der Waals surface area contributed by atoms with Gasteiger partial charge in [0.2, 0.25) is 0 Å². The van der Waals surface area contributed by atoms with Crippen molar-refractivity contribution in [1.82, 2.24) is 15.5 Å². The Morgan fingerprint density at radius 3 is 2.89 bits per heavy atom. The highest BCUT2D eigenvalue weighted by atomic mass is 35.5. The molecule has 2 N–H and O–H groups in total. The number of rotatable bonds is 4. The second-order valence-corrected chi connectivity index (χ2v) is 4.83. The normalized spacial score (nSPS) is 16.1. The molecule has 1 aliphatic heterocycles. The van der Waals surface area contributed by atoms with Crippen LogP contribution in [0.3, 0.4) is 0 Å². The molecule has 0 aromatic carbocycles. The van der Waals surface area contributed by atoms with Gasteiger partial charge in [0, 0.05) is 32.9 Å². The monoisotopic (exact) mass is 284 g/mol. The van der Waals surface area contributed by atoms with Crippen molar-refractivity contribution in [3.8, 4) is 0 Å². The summed E-state index contributed by atoms with van der Waals surface area (Å²) >= 11 is 5.82. The Morgan fingerprint density at radius 2 is 2.21 bits per heavy atom. The van der Waals surface area contributed by atoms with Gasteiger partial charge in [0.1, 0.15) is 0 Å². The minimum Gasteiger partial charge on any atom is -0.383 e.